The second-order valence-electron chi connectivity index (χ2n) is 6.55. The lowest BCUT2D eigenvalue weighted by atomic mass is 10.0. The van der Waals surface area contributed by atoms with Gasteiger partial charge in [-0.25, -0.2) is 19.0 Å². The van der Waals surface area contributed by atoms with E-state index in [1.165, 1.54) is 36.0 Å². The Hall–Kier alpha value is -2.22. The number of hydrogen-bond donors (Lipinski definition) is 3. The van der Waals surface area contributed by atoms with Crippen molar-refractivity contribution in [2.45, 2.75) is 36.1 Å². The number of rotatable bonds is 6. The van der Waals surface area contributed by atoms with Crippen LogP contribution in [0.25, 0.3) is 0 Å². The highest BCUT2D eigenvalue weighted by atomic mass is 32.2. The fourth-order valence-corrected chi connectivity index (χ4v) is 6.06. The predicted octanol–water partition coefficient (Wildman–Crippen LogP) is 0.169. The van der Waals surface area contributed by atoms with Crippen LogP contribution in [-0.4, -0.2) is 67.5 Å². The molecule has 13 heteroatoms. The molecule has 3 N–H and O–H groups in total. The Bertz CT molecular complexity index is 917. The fraction of sp³-hybridized carbons (Fsp3) is 0.467. The van der Waals surface area contributed by atoms with Crippen molar-refractivity contribution in [3.05, 3.63) is 30.1 Å². The van der Waals surface area contributed by atoms with E-state index in [9.17, 15) is 13.2 Å². The molecular formula is C15H20N6O5S2. The van der Waals surface area contributed by atoms with Crippen molar-refractivity contribution in [3.8, 4) is 5.75 Å². The van der Waals surface area contributed by atoms with E-state index in [1.54, 1.807) is 19.3 Å². The molecule has 0 radical (unpaired) electrons. The number of tetrazole rings is 1. The number of aromatic amines is 1. The fourth-order valence-electron chi connectivity index (χ4n) is 2.95. The van der Waals surface area contributed by atoms with Crippen LogP contribution in [0, 0.1) is 0 Å². The van der Waals surface area contributed by atoms with Crippen LogP contribution in [0.3, 0.4) is 0 Å². The molecule has 0 unspecified atom stereocenters. The molecule has 1 aromatic carbocycles. The van der Waals surface area contributed by atoms with Gasteiger partial charge >= 0.3 is 0 Å². The van der Waals surface area contributed by atoms with E-state index in [1.807, 2.05) is 0 Å². The molecule has 1 fully saturated rings. The van der Waals surface area contributed by atoms with Crippen molar-refractivity contribution >= 4 is 27.7 Å². The van der Waals surface area contributed by atoms with Crippen molar-refractivity contribution in [1.82, 2.24) is 30.4 Å². The van der Waals surface area contributed by atoms with Crippen LogP contribution in [0.1, 0.15) is 19.7 Å². The number of thioether (sulfide) groups is 1. The molecule has 0 aliphatic carbocycles. The number of sulfonamides is 1. The molecule has 1 atom stereocenters. The van der Waals surface area contributed by atoms with Crippen molar-refractivity contribution in [3.63, 3.8) is 0 Å². The lowest BCUT2D eigenvalue weighted by Gasteiger charge is -2.43. The van der Waals surface area contributed by atoms with Crippen LogP contribution in [0.5, 0.6) is 5.75 Å². The third kappa shape index (κ3) is 4.11. The maximum atomic E-state index is 13.1. The molecule has 2 heterocycles. The zero-order chi connectivity index (χ0) is 20.4. The molecule has 1 aromatic heterocycles. The number of amides is 1. The number of carbonyl (C=O) groups excluding carboxylic acids is 1. The summed E-state index contributed by atoms with van der Waals surface area (Å²) in [4.78, 5) is 12.2. The lowest BCUT2D eigenvalue weighted by molar-refractivity contribution is -0.134. The van der Waals surface area contributed by atoms with E-state index in [0.29, 0.717) is 17.3 Å². The largest absolute Gasteiger partial charge is 0.486 e. The molecular weight excluding hydrogens is 408 g/mol. The van der Waals surface area contributed by atoms with Gasteiger partial charge in [-0.2, -0.15) is 16.1 Å². The van der Waals surface area contributed by atoms with E-state index in [2.05, 4.69) is 20.6 Å². The van der Waals surface area contributed by atoms with Crippen molar-refractivity contribution in [2.24, 2.45) is 0 Å². The first-order valence-corrected chi connectivity index (χ1v) is 10.7. The molecule has 1 amide bonds. The van der Waals surface area contributed by atoms with Crippen LogP contribution in [0.2, 0.25) is 0 Å². The Labute approximate surface area is 165 Å². The summed E-state index contributed by atoms with van der Waals surface area (Å²) < 4.78 is 32.2. The Morgan fingerprint density at radius 1 is 1.43 bits per heavy atom. The summed E-state index contributed by atoms with van der Waals surface area (Å²) >= 11 is 1.48. The summed E-state index contributed by atoms with van der Waals surface area (Å²) in [6.07, 6.45) is 0. The summed E-state index contributed by atoms with van der Waals surface area (Å²) in [5.74, 6) is 0.645. The number of hydroxylamine groups is 1. The highest BCUT2D eigenvalue weighted by Crippen LogP contribution is 2.38. The molecule has 0 spiro atoms. The lowest BCUT2D eigenvalue weighted by Crippen LogP contribution is -2.61. The smallest absolute Gasteiger partial charge is 0.263 e. The number of hydrogen-bond acceptors (Lipinski definition) is 9. The van der Waals surface area contributed by atoms with Gasteiger partial charge in [-0.15, -0.1) is 5.10 Å². The average Bonchev–Trinajstić information content (AvgIpc) is 3.19. The monoisotopic (exact) mass is 428 g/mol. The molecule has 3 rings (SSSR count). The molecule has 1 aliphatic heterocycles. The SMILES string of the molecule is CC1(C)SCCN(S(=O)(=O)c2ccc(OCc3nnn[nH]3)cc2)[C@H]1C(=O)NO. The van der Waals surface area contributed by atoms with E-state index in [4.69, 9.17) is 9.94 Å². The van der Waals surface area contributed by atoms with E-state index < -0.39 is 26.7 Å². The summed E-state index contributed by atoms with van der Waals surface area (Å²) in [5, 5.41) is 22.2. The minimum Gasteiger partial charge on any atom is -0.486 e. The van der Waals surface area contributed by atoms with Gasteiger partial charge < -0.3 is 4.74 Å². The first-order valence-electron chi connectivity index (χ1n) is 8.31. The van der Waals surface area contributed by atoms with Gasteiger partial charge in [0.25, 0.3) is 5.91 Å². The molecule has 152 valence electrons. The van der Waals surface area contributed by atoms with Crippen LogP contribution in [0.4, 0.5) is 0 Å². The van der Waals surface area contributed by atoms with Crippen LogP contribution in [0.15, 0.2) is 29.2 Å². The summed E-state index contributed by atoms with van der Waals surface area (Å²) in [7, 11) is -3.96. The third-order valence-corrected chi connectivity index (χ3v) is 7.52. The molecule has 1 saturated heterocycles. The number of benzene rings is 1. The number of nitrogens with zero attached hydrogens (tertiary/aromatic N) is 4. The summed E-state index contributed by atoms with van der Waals surface area (Å²) in [6.45, 7) is 3.81. The van der Waals surface area contributed by atoms with Crippen molar-refractivity contribution in [2.75, 3.05) is 12.3 Å². The average molecular weight is 428 g/mol. The normalized spacial score (nSPS) is 19.9. The minimum absolute atomic E-state index is 0.0274. The zero-order valence-electron chi connectivity index (χ0n) is 15.2. The van der Waals surface area contributed by atoms with Gasteiger partial charge in [-0.05, 0) is 48.5 Å². The van der Waals surface area contributed by atoms with Gasteiger partial charge in [-0.3, -0.25) is 10.0 Å². The minimum atomic E-state index is -3.96. The number of H-pyrrole nitrogens is 1. The molecule has 28 heavy (non-hydrogen) atoms. The van der Waals surface area contributed by atoms with Crippen LogP contribution < -0.4 is 10.2 Å². The summed E-state index contributed by atoms with van der Waals surface area (Å²) in [6, 6.07) is 4.80. The topological polar surface area (TPSA) is 150 Å². The Balaban J connectivity index is 1.81. The van der Waals surface area contributed by atoms with Gasteiger partial charge in [-0.1, -0.05) is 0 Å². The van der Waals surface area contributed by atoms with Crippen LogP contribution >= 0.6 is 11.8 Å². The first-order chi connectivity index (χ1) is 13.3. The maximum absolute atomic E-state index is 13.1. The standard InChI is InChI=1S/C15H20N6O5S2/c1-15(2)13(14(22)18-23)21(7-8-27-15)28(24,25)11-5-3-10(4-6-11)26-9-12-16-19-20-17-12/h3-6,13,23H,7-9H2,1-2H3,(H,18,22)(H,16,17,19,20)/t13-/m0/s1. The highest BCUT2D eigenvalue weighted by Gasteiger charge is 2.48. The molecule has 1 aliphatic rings. The third-order valence-electron chi connectivity index (χ3n) is 4.29. The maximum Gasteiger partial charge on any atom is 0.263 e. The highest BCUT2D eigenvalue weighted by molar-refractivity contribution is 8.00. The Morgan fingerprint density at radius 2 is 2.14 bits per heavy atom. The Morgan fingerprint density at radius 3 is 2.75 bits per heavy atom. The summed E-state index contributed by atoms with van der Waals surface area (Å²) in [5.41, 5.74) is 1.59. The van der Waals surface area contributed by atoms with Gasteiger partial charge in [0.05, 0.1) is 4.90 Å². The number of nitrogens with one attached hydrogen (secondary N) is 2. The first kappa shape index (κ1) is 20.5. The van der Waals surface area contributed by atoms with Gasteiger partial charge in [0.2, 0.25) is 10.0 Å². The second kappa shape index (κ2) is 8.03. The van der Waals surface area contributed by atoms with Gasteiger partial charge in [0.1, 0.15) is 18.4 Å². The van der Waals surface area contributed by atoms with E-state index in [0.717, 1.165) is 4.31 Å². The van der Waals surface area contributed by atoms with Gasteiger partial charge in [0, 0.05) is 17.0 Å². The molecule has 2 aromatic rings. The number of carbonyl (C=O) groups is 1. The Kier molecular flexibility index (Phi) is 5.88. The quantitative estimate of drug-likeness (QED) is 0.432. The zero-order valence-corrected chi connectivity index (χ0v) is 16.8. The van der Waals surface area contributed by atoms with E-state index >= 15 is 0 Å². The van der Waals surface area contributed by atoms with E-state index in [-0.39, 0.29) is 18.0 Å². The number of ether oxygens (including phenoxy) is 1. The molecule has 0 bridgehead atoms. The van der Waals surface area contributed by atoms with Gasteiger partial charge in [0.15, 0.2) is 5.82 Å². The molecule has 0 saturated carbocycles. The second-order valence-corrected chi connectivity index (χ2v) is 10.2. The van der Waals surface area contributed by atoms with Crippen molar-refractivity contribution < 1.29 is 23.2 Å². The predicted molar refractivity (Wildman–Crippen MR) is 99.1 cm³/mol. The van der Waals surface area contributed by atoms with Crippen molar-refractivity contribution in [1.29, 1.82) is 0 Å². The number of aromatic nitrogens is 4. The van der Waals surface area contributed by atoms with Crippen LogP contribution in [-0.2, 0) is 21.4 Å². The molecule has 11 nitrogen and oxygen atoms in total.